The second-order valence-corrected chi connectivity index (χ2v) is 4.67. The first kappa shape index (κ1) is 16.1. The number of hydrogen-bond acceptors (Lipinski definition) is 2. The van der Waals surface area contributed by atoms with Gasteiger partial charge in [-0.05, 0) is 18.1 Å². The molecule has 1 aromatic rings. The van der Waals surface area contributed by atoms with Crippen LogP contribution in [-0.2, 0) is 11.3 Å². The number of hydrogen-bond donors (Lipinski definition) is 2. The van der Waals surface area contributed by atoms with Crippen LogP contribution >= 0.6 is 0 Å². The van der Waals surface area contributed by atoms with Gasteiger partial charge in [-0.1, -0.05) is 13.8 Å². The lowest BCUT2D eigenvalue weighted by Crippen LogP contribution is -2.45. The molecule has 0 aliphatic rings. The Kier molecular flexibility index (Phi) is 4.80. The summed E-state index contributed by atoms with van der Waals surface area (Å²) in [5.74, 6) is -2.47. The zero-order chi connectivity index (χ0) is 15.5. The van der Waals surface area contributed by atoms with Crippen molar-refractivity contribution in [3.05, 3.63) is 24.0 Å². The van der Waals surface area contributed by atoms with Crippen LogP contribution in [0.4, 0.5) is 13.2 Å². The normalized spacial score (nSPS) is 13.3. The molecule has 112 valence electrons. The van der Waals surface area contributed by atoms with Crippen LogP contribution in [0.1, 0.15) is 24.3 Å². The molecule has 0 aliphatic heterocycles. The lowest BCUT2D eigenvalue weighted by molar-refractivity contribution is -0.141. The van der Waals surface area contributed by atoms with Crippen LogP contribution in [-0.4, -0.2) is 33.8 Å². The first-order chi connectivity index (χ1) is 9.11. The molecule has 2 N–H and O–H groups in total. The van der Waals surface area contributed by atoms with Gasteiger partial charge in [0.05, 0.1) is 0 Å². The molecular formula is C12H15F3N2O3. The van der Waals surface area contributed by atoms with Gasteiger partial charge in [-0.25, -0.2) is 4.79 Å². The van der Waals surface area contributed by atoms with E-state index in [2.05, 4.69) is 5.32 Å². The number of alkyl halides is 3. The van der Waals surface area contributed by atoms with Gasteiger partial charge < -0.3 is 15.0 Å². The maximum Gasteiger partial charge on any atom is 0.406 e. The Labute approximate surface area is 113 Å². The maximum absolute atomic E-state index is 12.3. The summed E-state index contributed by atoms with van der Waals surface area (Å²) in [5, 5.41) is 11.2. The van der Waals surface area contributed by atoms with Crippen LogP contribution in [0.2, 0.25) is 0 Å². The van der Waals surface area contributed by atoms with E-state index in [9.17, 15) is 22.8 Å². The van der Waals surface area contributed by atoms with E-state index in [1.54, 1.807) is 13.8 Å². The van der Waals surface area contributed by atoms with E-state index in [1.807, 2.05) is 0 Å². The minimum Gasteiger partial charge on any atom is -0.480 e. The first-order valence-corrected chi connectivity index (χ1v) is 5.87. The van der Waals surface area contributed by atoms with Crippen molar-refractivity contribution >= 4 is 11.9 Å². The van der Waals surface area contributed by atoms with E-state index in [0.717, 1.165) is 10.8 Å². The molecule has 0 aromatic carbocycles. The Bertz CT molecular complexity index is 494. The smallest absolute Gasteiger partial charge is 0.406 e. The number of rotatable bonds is 5. The number of carbonyl (C=O) groups excluding carboxylic acids is 1. The Hall–Kier alpha value is -1.99. The summed E-state index contributed by atoms with van der Waals surface area (Å²) < 4.78 is 37.7. The standard InChI is InChI=1S/C12H15F3N2O3/c1-7(2)9(11(19)20)16-10(18)8-4-3-5-17(8)6-12(13,14)15/h3-5,7,9H,6H2,1-2H3,(H,16,18)(H,19,20)/t9-/m0/s1. The molecule has 1 rings (SSSR count). The molecule has 0 radical (unpaired) electrons. The van der Waals surface area contributed by atoms with Crippen LogP contribution < -0.4 is 5.32 Å². The number of nitrogens with zero attached hydrogens (tertiary/aromatic N) is 1. The fourth-order valence-electron chi connectivity index (χ4n) is 1.68. The molecule has 5 nitrogen and oxygen atoms in total. The van der Waals surface area contributed by atoms with Gasteiger partial charge >= 0.3 is 12.1 Å². The average Bonchev–Trinajstić information content (AvgIpc) is 2.70. The minimum absolute atomic E-state index is 0.228. The quantitative estimate of drug-likeness (QED) is 0.870. The van der Waals surface area contributed by atoms with Gasteiger partial charge in [-0.2, -0.15) is 13.2 Å². The third-order valence-electron chi connectivity index (χ3n) is 2.63. The number of carboxylic acids is 1. The molecule has 8 heteroatoms. The van der Waals surface area contributed by atoms with Gasteiger partial charge in [0.2, 0.25) is 0 Å². The van der Waals surface area contributed by atoms with Crippen molar-refractivity contribution in [2.24, 2.45) is 5.92 Å². The van der Waals surface area contributed by atoms with Crippen LogP contribution in [0.15, 0.2) is 18.3 Å². The fourth-order valence-corrected chi connectivity index (χ4v) is 1.68. The van der Waals surface area contributed by atoms with Gasteiger partial charge in [0.15, 0.2) is 0 Å². The van der Waals surface area contributed by atoms with Gasteiger partial charge in [-0.3, -0.25) is 4.79 Å². The monoisotopic (exact) mass is 292 g/mol. The third kappa shape index (κ3) is 4.29. The molecule has 20 heavy (non-hydrogen) atoms. The van der Waals surface area contributed by atoms with Crippen molar-refractivity contribution in [2.75, 3.05) is 0 Å². The lowest BCUT2D eigenvalue weighted by Gasteiger charge is -2.19. The molecule has 0 spiro atoms. The number of halogens is 3. The van der Waals surface area contributed by atoms with E-state index in [0.29, 0.717) is 0 Å². The predicted octanol–water partition coefficient (Wildman–Crippen LogP) is 1.89. The number of carboxylic acid groups (broad SMARTS) is 1. The second kappa shape index (κ2) is 5.98. The summed E-state index contributed by atoms with van der Waals surface area (Å²) >= 11 is 0. The Balaban J connectivity index is 2.88. The molecule has 0 bridgehead atoms. The Morgan fingerprint density at radius 3 is 2.45 bits per heavy atom. The predicted molar refractivity (Wildman–Crippen MR) is 64.2 cm³/mol. The van der Waals surface area contributed by atoms with Crippen molar-refractivity contribution in [3.63, 3.8) is 0 Å². The van der Waals surface area contributed by atoms with Gasteiger partial charge in [0.25, 0.3) is 5.91 Å². The fraction of sp³-hybridized carbons (Fsp3) is 0.500. The number of aromatic nitrogens is 1. The summed E-state index contributed by atoms with van der Waals surface area (Å²) in [6.45, 7) is 1.88. The highest BCUT2D eigenvalue weighted by atomic mass is 19.4. The molecule has 0 aliphatic carbocycles. The molecule has 0 fully saturated rings. The van der Waals surface area contributed by atoms with Crippen molar-refractivity contribution in [2.45, 2.75) is 32.6 Å². The van der Waals surface area contributed by atoms with Crippen LogP contribution in [0.3, 0.4) is 0 Å². The third-order valence-corrected chi connectivity index (χ3v) is 2.63. The van der Waals surface area contributed by atoms with Crippen molar-refractivity contribution in [1.82, 2.24) is 9.88 Å². The number of amides is 1. The minimum atomic E-state index is -4.46. The summed E-state index contributed by atoms with van der Waals surface area (Å²) in [7, 11) is 0. The average molecular weight is 292 g/mol. The molecule has 1 heterocycles. The Morgan fingerprint density at radius 2 is 2.00 bits per heavy atom. The second-order valence-electron chi connectivity index (χ2n) is 4.67. The summed E-state index contributed by atoms with van der Waals surface area (Å²) in [6, 6.07) is 1.35. The molecule has 1 atom stereocenters. The highest BCUT2D eigenvalue weighted by Gasteiger charge is 2.30. The van der Waals surface area contributed by atoms with Crippen LogP contribution in [0.5, 0.6) is 0 Å². The van der Waals surface area contributed by atoms with Crippen molar-refractivity contribution in [3.8, 4) is 0 Å². The van der Waals surface area contributed by atoms with E-state index in [-0.39, 0.29) is 11.6 Å². The van der Waals surface area contributed by atoms with E-state index in [4.69, 9.17) is 5.11 Å². The van der Waals surface area contributed by atoms with Gasteiger partial charge in [0, 0.05) is 6.20 Å². The zero-order valence-electron chi connectivity index (χ0n) is 10.9. The highest BCUT2D eigenvalue weighted by molar-refractivity contribution is 5.95. The topological polar surface area (TPSA) is 71.3 Å². The van der Waals surface area contributed by atoms with Gasteiger partial charge in [-0.15, -0.1) is 0 Å². The molecule has 0 saturated carbocycles. The Morgan fingerprint density at radius 1 is 1.40 bits per heavy atom. The molecular weight excluding hydrogens is 277 g/mol. The lowest BCUT2D eigenvalue weighted by atomic mass is 10.0. The molecule has 0 unspecified atom stereocenters. The van der Waals surface area contributed by atoms with Crippen LogP contribution in [0, 0.1) is 5.92 Å². The van der Waals surface area contributed by atoms with E-state index >= 15 is 0 Å². The maximum atomic E-state index is 12.3. The first-order valence-electron chi connectivity index (χ1n) is 5.87. The molecule has 1 amide bonds. The highest BCUT2D eigenvalue weighted by Crippen LogP contribution is 2.19. The van der Waals surface area contributed by atoms with Gasteiger partial charge in [0.1, 0.15) is 18.3 Å². The summed E-state index contributed by atoms with van der Waals surface area (Å²) in [6.07, 6.45) is -3.34. The summed E-state index contributed by atoms with van der Waals surface area (Å²) in [5.41, 5.74) is -0.228. The zero-order valence-corrected chi connectivity index (χ0v) is 10.9. The number of carbonyl (C=O) groups is 2. The SMILES string of the molecule is CC(C)[C@H](NC(=O)c1cccn1CC(F)(F)F)C(=O)O. The van der Waals surface area contributed by atoms with E-state index < -0.39 is 30.6 Å². The largest absolute Gasteiger partial charge is 0.480 e. The number of nitrogens with one attached hydrogen (secondary N) is 1. The molecule has 0 saturated heterocycles. The van der Waals surface area contributed by atoms with Crippen molar-refractivity contribution in [1.29, 1.82) is 0 Å². The summed E-state index contributed by atoms with van der Waals surface area (Å²) in [4.78, 5) is 22.8. The van der Waals surface area contributed by atoms with E-state index in [1.165, 1.54) is 12.1 Å². The van der Waals surface area contributed by atoms with Crippen molar-refractivity contribution < 1.29 is 27.9 Å². The number of aliphatic carboxylic acids is 1. The van der Waals surface area contributed by atoms with Crippen LogP contribution in [0.25, 0.3) is 0 Å². The molecule has 1 aromatic heterocycles.